The van der Waals surface area contributed by atoms with E-state index in [1.54, 1.807) is 14.2 Å². The third-order valence-electron chi connectivity index (χ3n) is 3.62. The highest BCUT2D eigenvalue weighted by Crippen LogP contribution is 2.33. The van der Waals surface area contributed by atoms with Gasteiger partial charge in [0.15, 0.2) is 5.65 Å². The number of fused-ring (bicyclic) bond motifs is 4. The minimum atomic E-state index is 0.679. The SMILES string of the molecule is COc1ccc(OC)c2nc3c(nc12)[nH]c1ccccc13. The van der Waals surface area contributed by atoms with Crippen molar-refractivity contribution < 1.29 is 9.47 Å². The number of methoxy groups -OCH3 is 2. The first-order valence-electron chi connectivity index (χ1n) is 6.61. The summed E-state index contributed by atoms with van der Waals surface area (Å²) in [5.41, 5.74) is 3.99. The first-order chi connectivity index (χ1) is 10.3. The summed E-state index contributed by atoms with van der Waals surface area (Å²) in [5, 5.41) is 1.05. The quantitative estimate of drug-likeness (QED) is 0.611. The molecule has 4 rings (SSSR count). The molecular weight excluding hydrogens is 266 g/mol. The van der Waals surface area contributed by atoms with Crippen molar-refractivity contribution in [1.82, 2.24) is 15.0 Å². The van der Waals surface area contributed by atoms with Crippen molar-refractivity contribution >= 4 is 33.1 Å². The largest absolute Gasteiger partial charge is 0.494 e. The molecule has 0 radical (unpaired) electrons. The Morgan fingerprint density at radius 2 is 1.48 bits per heavy atom. The van der Waals surface area contributed by atoms with Gasteiger partial charge in [0, 0.05) is 10.9 Å². The third-order valence-corrected chi connectivity index (χ3v) is 3.62. The zero-order valence-corrected chi connectivity index (χ0v) is 11.7. The lowest BCUT2D eigenvalue weighted by molar-refractivity contribution is 0.409. The molecule has 0 unspecified atom stereocenters. The first-order valence-corrected chi connectivity index (χ1v) is 6.61. The van der Waals surface area contributed by atoms with E-state index in [9.17, 15) is 0 Å². The Morgan fingerprint density at radius 3 is 2.19 bits per heavy atom. The second-order valence-electron chi connectivity index (χ2n) is 4.76. The minimum absolute atomic E-state index is 0.679. The van der Waals surface area contributed by atoms with Gasteiger partial charge in [-0.3, -0.25) is 0 Å². The Labute approximate surface area is 120 Å². The number of hydrogen-bond donors (Lipinski definition) is 1. The van der Waals surface area contributed by atoms with E-state index in [4.69, 9.17) is 14.5 Å². The highest BCUT2D eigenvalue weighted by Gasteiger charge is 2.14. The van der Waals surface area contributed by atoms with Crippen LogP contribution in [0.4, 0.5) is 0 Å². The highest BCUT2D eigenvalue weighted by atomic mass is 16.5. The normalized spacial score (nSPS) is 11.3. The van der Waals surface area contributed by atoms with E-state index >= 15 is 0 Å². The number of ether oxygens (including phenoxy) is 2. The van der Waals surface area contributed by atoms with Gasteiger partial charge in [-0.25, -0.2) is 9.97 Å². The minimum Gasteiger partial charge on any atom is -0.494 e. The van der Waals surface area contributed by atoms with Gasteiger partial charge in [-0.15, -0.1) is 0 Å². The summed E-state index contributed by atoms with van der Waals surface area (Å²) in [6, 6.07) is 11.7. The Bertz CT molecular complexity index is 975. The summed E-state index contributed by atoms with van der Waals surface area (Å²) < 4.78 is 10.8. The molecule has 0 saturated carbocycles. The van der Waals surface area contributed by atoms with Crippen LogP contribution in [0.15, 0.2) is 36.4 Å². The van der Waals surface area contributed by atoms with Crippen LogP contribution in [0, 0.1) is 0 Å². The Balaban J connectivity index is 2.21. The lowest BCUT2D eigenvalue weighted by atomic mass is 10.2. The summed E-state index contributed by atoms with van der Waals surface area (Å²) in [6.45, 7) is 0. The number of benzene rings is 2. The van der Waals surface area contributed by atoms with Crippen molar-refractivity contribution in [2.75, 3.05) is 14.2 Å². The standard InChI is InChI=1S/C16H13N3O2/c1-20-11-7-8-12(21-2)15-14(11)18-13-9-5-3-4-6-10(9)17-16(13)19-15/h3-8H,1-2H3,(H,17,19). The number of nitrogens with one attached hydrogen (secondary N) is 1. The summed E-state index contributed by atoms with van der Waals surface area (Å²) in [4.78, 5) is 12.7. The molecule has 0 aliphatic carbocycles. The molecule has 1 N–H and O–H groups in total. The molecule has 5 nitrogen and oxygen atoms in total. The molecule has 2 heterocycles. The molecule has 21 heavy (non-hydrogen) atoms. The monoisotopic (exact) mass is 279 g/mol. The average molecular weight is 279 g/mol. The fourth-order valence-electron chi connectivity index (χ4n) is 2.62. The van der Waals surface area contributed by atoms with E-state index < -0.39 is 0 Å². The molecule has 0 amide bonds. The molecule has 0 fully saturated rings. The van der Waals surface area contributed by atoms with Crippen molar-refractivity contribution in [3.63, 3.8) is 0 Å². The van der Waals surface area contributed by atoms with Gasteiger partial charge in [-0.1, -0.05) is 18.2 Å². The topological polar surface area (TPSA) is 60.0 Å². The fourth-order valence-corrected chi connectivity index (χ4v) is 2.62. The van der Waals surface area contributed by atoms with Crippen molar-refractivity contribution in [2.24, 2.45) is 0 Å². The molecule has 5 heteroatoms. The molecule has 0 aliphatic heterocycles. The van der Waals surface area contributed by atoms with E-state index in [2.05, 4.69) is 9.97 Å². The van der Waals surface area contributed by atoms with Crippen LogP contribution in [0.25, 0.3) is 33.1 Å². The number of para-hydroxylation sites is 1. The number of aromatic nitrogens is 3. The van der Waals surface area contributed by atoms with Crippen LogP contribution >= 0.6 is 0 Å². The maximum absolute atomic E-state index is 5.40. The second kappa shape index (κ2) is 4.34. The van der Waals surface area contributed by atoms with Gasteiger partial charge in [0.2, 0.25) is 0 Å². The maximum atomic E-state index is 5.40. The molecule has 104 valence electrons. The first kappa shape index (κ1) is 12.0. The molecule has 0 saturated heterocycles. The van der Waals surface area contributed by atoms with Crippen LogP contribution < -0.4 is 9.47 Å². The smallest absolute Gasteiger partial charge is 0.158 e. The Hall–Kier alpha value is -2.82. The van der Waals surface area contributed by atoms with Gasteiger partial charge in [0.05, 0.1) is 14.2 Å². The van der Waals surface area contributed by atoms with Crippen LogP contribution in [0.1, 0.15) is 0 Å². The molecule has 0 spiro atoms. The van der Waals surface area contributed by atoms with Crippen LogP contribution in [-0.4, -0.2) is 29.2 Å². The number of hydrogen-bond acceptors (Lipinski definition) is 4. The second-order valence-corrected chi connectivity index (χ2v) is 4.76. The zero-order chi connectivity index (χ0) is 14.4. The van der Waals surface area contributed by atoms with Crippen LogP contribution in [0.3, 0.4) is 0 Å². The molecular formula is C16H13N3O2. The van der Waals surface area contributed by atoms with Crippen LogP contribution in [-0.2, 0) is 0 Å². The molecule has 0 bridgehead atoms. The lowest BCUT2D eigenvalue weighted by Crippen LogP contribution is -1.94. The van der Waals surface area contributed by atoms with Gasteiger partial charge in [0.1, 0.15) is 28.0 Å². The third kappa shape index (κ3) is 1.64. The van der Waals surface area contributed by atoms with Gasteiger partial charge in [-0.05, 0) is 18.2 Å². The summed E-state index contributed by atoms with van der Waals surface area (Å²) >= 11 is 0. The zero-order valence-electron chi connectivity index (χ0n) is 11.7. The van der Waals surface area contributed by atoms with E-state index in [0.29, 0.717) is 22.5 Å². The molecule has 0 aliphatic rings. The number of H-pyrrole nitrogens is 1. The van der Waals surface area contributed by atoms with Crippen molar-refractivity contribution in [3.05, 3.63) is 36.4 Å². The summed E-state index contributed by atoms with van der Waals surface area (Å²) in [5.74, 6) is 1.37. The van der Waals surface area contributed by atoms with Gasteiger partial charge < -0.3 is 14.5 Å². The highest BCUT2D eigenvalue weighted by molar-refractivity contribution is 6.06. The number of aromatic amines is 1. The van der Waals surface area contributed by atoms with Gasteiger partial charge >= 0.3 is 0 Å². The van der Waals surface area contributed by atoms with E-state index in [1.807, 2.05) is 36.4 Å². The van der Waals surface area contributed by atoms with Crippen LogP contribution in [0.2, 0.25) is 0 Å². The predicted octanol–water partition coefficient (Wildman–Crippen LogP) is 3.28. The van der Waals surface area contributed by atoms with Crippen molar-refractivity contribution in [2.45, 2.75) is 0 Å². The fraction of sp³-hybridized carbons (Fsp3) is 0.125. The lowest BCUT2D eigenvalue weighted by Gasteiger charge is -2.08. The molecule has 2 aromatic heterocycles. The van der Waals surface area contributed by atoms with E-state index in [1.165, 1.54) is 0 Å². The summed E-state index contributed by atoms with van der Waals surface area (Å²) in [6.07, 6.45) is 0. The molecule has 0 atom stereocenters. The summed E-state index contributed by atoms with van der Waals surface area (Å²) in [7, 11) is 3.25. The molecule has 4 aromatic rings. The van der Waals surface area contributed by atoms with Crippen molar-refractivity contribution in [1.29, 1.82) is 0 Å². The van der Waals surface area contributed by atoms with Crippen molar-refractivity contribution in [3.8, 4) is 11.5 Å². The average Bonchev–Trinajstić information content (AvgIpc) is 2.89. The predicted molar refractivity (Wildman–Crippen MR) is 82.0 cm³/mol. The maximum Gasteiger partial charge on any atom is 0.158 e. The number of rotatable bonds is 2. The molecule has 2 aromatic carbocycles. The Morgan fingerprint density at radius 1 is 0.810 bits per heavy atom. The van der Waals surface area contributed by atoms with Crippen LogP contribution in [0.5, 0.6) is 11.5 Å². The van der Waals surface area contributed by atoms with E-state index in [-0.39, 0.29) is 0 Å². The van der Waals surface area contributed by atoms with Gasteiger partial charge in [-0.2, -0.15) is 0 Å². The van der Waals surface area contributed by atoms with Gasteiger partial charge in [0.25, 0.3) is 0 Å². The van der Waals surface area contributed by atoms with E-state index in [0.717, 1.165) is 22.1 Å². The number of nitrogens with zero attached hydrogens (tertiary/aromatic N) is 2. The Kier molecular flexibility index (Phi) is 2.47.